The Morgan fingerprint density at radius 1 is 1.00 bits per heavy atom. The summed E-state index contributed by atoms with van der Waals surface area (Å²) in [6.07, 6.45) is 0. The number of allylic oxidation sites excluding steroid dienone is 2. The van der Waals surface area contributed by atoms with Gasteiger partial charge in [-0.3, -0.25) is 0 Å². The number of aryl methyl sites for hydroxylation is 1. The Morgan fingerprint density at radius 2 is 1.50 bits per heavy atom. The highest BCUT2D eigenvalue weighted by atomic mass is 14.1. The van der Waals surface area contributed by atoms with Crippen LogP contribution in [0.4, 0.5) is 0 Å². The molecule has 0 aromatic heterocycles. The highest BCUT2D eigenvalue weighted by Gasteiger charge is 2.03. The Morgan fingerprint density at radius 3 is 1.93 bits per heavy atom. The van der Waals surface area contributed by atoms with Crippen LogP contribution in [0, 0.1) is 12.8 Å². The van der Waals surface area contributed by atoms with Gasteiger partial charge in [0.2, 0.25) is 0 Å². The molecular formula is C14H20. The third kappa shape index (κ3) is 2.47. The van der Waals surface area contributed by atoms with Gasteiger partial charge in [0.05, 0.1) is 0 Å². The van der Waals surface area contributed by atoms with Gasteiger partial charge in [-0.2, -0.15) is 0 Å². The van der Waals surface area contributed by atoms with Crippen LogP contribution in [0.15, 0.2) is 29.8 Å². The monoisotopic (exact) mass is 188 g/mol. The van der Waals surface area contributed by atoms with Crippen LogP contribution in [0.25, 0.3) is 5.57 Å². The number of rotatable bonds is 2. The molecule has 0 atom stereocenters. The fraction of sp³-hybridized carbons (Fsp3) is 0.429. The maximum atomic E-state index is 2.24. The summed E-state index contributed by atoms with van der Waals surface area (Å²) in [5.41, 5.74) is 5.57. The van der Waals surface area contributed by atoms with E-state index in [0.29, 0.717) is 5.92 Å². The minimum Gasteiger partial charge on any atom is -0.0672 e. The minimum atomic E-state index is 0.635. The second kappa shape index (κ2) is 4.45. The van der Waals surface area contributed by atoms with Gasteiger partial charge in [0, 0.05) is 0 Å². The van der Waals surface area contributed by atoms with E-state index in [1.54, 1.807) is 0 Å². The van der Waals surface area contributed by atoms with E-state index in [2.05, 4.69) is 58.9 Å². The van der Waals surface area contributed by atoms with Gasteiger partial charge < -0.3 is 0 Å². The van der Waals surface area contributed by atoms with Gasteiger partial charge in [-0.25, -0.2) is 0 Å². The second-order valence-electron chi connectivity index (χ2n) is 4.33. The first kappa shape index (κ1) is 11.0. The summed E-state index contributed by atoms with van der Waals surface area (Å²) in [6, 6.07) is 8.76. The largest absolute Gasteiger partial charge is 0.0672 e. The molecule has 0 spiro atoms. The summed E-state index contributed by atoms with van der Waals surface area (Å²) in [7, 11) is 0. The number of benzene rings is 1. The van der Waals surface area contributed by atoms with Crippen LogP contribution >= 0.6 is 0 Å². The molecule has 0 amide bonds. The van der Waals surface area contributed by atoms with Crippen molar-refractivity contribution in [3.63, 3.8) is 0 Å². The molecule has 0 saturated carbocycles. The summed E-state index contributed by atoms with van der Waals surface area (Å²) < 4.78 is 0. The van der Waals surface area contributed by atoms with Crippen molar-refractivity contribution in [1.29, 1.82) is 0 Å². The van der Waals surface area contributed by atoms with Crippen molar-refractivity contribution < 1.29 is 0 Å². The van der Waals surface area contributed by atoms with Gasteiger partial charge in [-0.05, 0) is 37.8 Å². The average Bonchev–Trinajstić information content (AvgIpc) is 2.16. The van der Waals surface area contributed by atoms with Gasteiger partial charge >= 0.3 is 0 Å². The molecule has 0 nitrogen and oxygen atoms in total. The lowest BCUT2D eigenvalue weighted by atomic mass is 9.95. The third-order valence-corrected chi connectivity index (χ3v) is 2.94. The molecule has 0 aliphatic carbocycles. The lowest BCUT2D eigenvalue weighted by Crippen LogP contribution is -1.93. The first-order valence-corrected chi connectivity index (χ1v) is 5.26. The molecule has 0 heteroatoms. The zero-order valence-electron chi connectivity index (χ0n) is 9.89. The van der Waals surface area contributed by atoms with Crippen LogP contribution in [-0.2, 0) is 0 Å². The molecule has 0 radical (unpaired) electrons. The molecule has 1 aromatic rings. The van der Waals surface area contributed by atoms with E-state index in [4.69, 9.17) is 0 Å². The van der Waals surface area contributed by atoms with Crippen molar-refractivity contribution in [2.45, 2.75) is 34.6 Å². The third-order valence-electron chi connectivity index (χ3n) is 2.94. The first-order valence-electron chi connectivity index (χ1n) is 5.26. The van der Waals surface area contributed by atoms with Crippen LogP contribution in [0.3, 0.4) is 0 Å². The molecule has 1 rings (SSSR count). The van der Waals surface area contributed by atoms with Crippen molar-refractivity contribution in [3.05, 3.63) is 41.0 Å². The van der Waals surface area contributed by atoms with E-state index in [1.807, 2.05) is 0 Å². The van der Waals surface area contributed by atoms with Crippen molar-refractivity contribution >= 4 is 5.57 Å². The molecule has 0 N–H and O–H groups in total. The maximum Gasteiger partial charge on any atom is -0.0228 e. The fourth-order valence-corrected chi connectivity index (χ4v) is 1.46. The molecule has 0 bridgehead atoms. The average molecular weight is 188 g/mol. The topological polar surface area (TPSA) is 0 Å². The molecule has 0 aliphatic rings. The molecule has 14 heavy (non-hydrogen) atoms. The highest BCUT2D eigenvalue weighted by molar-refractivity contribution is 5.66. The van der Waals surface area contributed by atoms with Gasteiger partial charge in [-0.15, -0.1) is 0 Å². The van der Waals surface area contributed by atoms with Crippen LogP contribution in [0.1, 0.15) is 38.8 Å². The predicted octanol–water partition coefficient (Wildman–Crippen LogP) is 4.44. The molecule has 0 saturated heterocycles. The van der Waals surface area contributed by atoms with E-state index in [9.17, 15) is 0 Å². The van der Waals surface area contributed by atoms with E-state index in [0.717, 1.165) is 0 Å². The Balaban J connectivity index is 3.06. The second-order valence-corrected chi connectivity index (χ2v) is 4.33. The molecule has 76 valence electrons. The SMILES string of the molecule is C/C(=C(\C)C(C)C)c1ccc(C)cc1. The van der Waals surface area contributed by atoms with Gasteiger partial charge in [-0.1, -0.05) is 49.2 Å². The Bertz CT molecular complexity index is 326. The van der Waals surface area contributed by atoms with Gasteiger partial charge in [0.25, 0.3) is 0 Å². The van der Waals surface area contributed by atoms with Gasteiger partial charge in [0.1, 0.15) is 0 Å². The normalized spacial score (nSPS) is 13.0. The van der Waals surface area contributed by atoms with E-state index in [1.165, 1.54) is 22.3 Å². The number of hydrogen-bond donors (Lipinski definition) is 0. The minimum absolute atomic E-state index is 0.635. The van der Waals surface area contributed by atoms with Crippen LogP contribution in [0.2, 0.25) is 0 Å². The van der Waals surface area contributed by atoms with Crippen LogP contribution in [0.5, 0.6) is 0 Å². The van der Waals surface area contributed by atoms with E-state index >= 15 is 0 Å². The first-order chi connectivity index (χ1) is 6.52. The van der Waals surface area contributed by atoms with Crippen molar-refractivity contribution in [3.8, 4) is 0 Å². The molecule has 1 aromatic carbocycles. The summed E-state index contributed by atoms with van der Waals surface area (Å²) >= 11 is 0. The van der Waals surface area contributed by atoms with Crippen LogP contribution < -0.4 is 0 Å². The van der Waals surface area contributed by atoms with E-state index in [-0.39, 0.29) is 0 Å². The van der Waals surface area contributed by atoms with Crippen molar-refractivity contribution in [1.82, 2.24) is 0 Å². The van der Waals surface area contributed by atoms with Crippen LogP contribution in [-0.4, -0.2) is 0 Å². The summed E-state index contributed by atoms with van der Waals surface area (Å²) in [6.45, 7) is 11.0. The summed E-state index contributed by atoms with van der Waals surface area (Å²) in [4.78, 5) is 0. The standard InChI is InChI=1S/C14H20/c1-10(2)12(4)13(5)14-8-6-11(3)7-9-14/h6-10H,1-5H3/b13-12-. The summed E-state index contributed by atoms with van der Waals surface area (Å²) in [5.74, 6) is 0.635. The zero-order valence-corrected chi connectivity index (χ0v) is 9.89. The van der Waals surface area contributed by atoms with E-state index < -0.39 is 0 Å². The Hall–Kier alpha value is -1.04. The Labute approximate surface area is 87.7 Å². The molecule has 0 heterocycles. The van der Waals surface area contributed by atoms with Crippen molar-refractivity contribution in [2.24, 2.45) is 5.92 Å². The summed E-state index contributed by atoms with van der Waals surface area (Å²) in [5, 5.41) is 0. The fourth-order valence-electron chi connectivity index (χ4n) is 1.46. The van der Waals surface area contributed by atoms with Crippen molar-refractivity contribution in [2.75, 3.05) is 0 Å². The quantitative estimate of drug-likeness (QED) is 0.643. The number of hydrogen-bond acceptors (Lipinski definition) is 0. The molecule has 0 fully saturated rings. The highest BCUT2D eigenvalue weighted by Crippen LogP contribution is 2.23. The lowest BCUT2D eigenvalue weighted by molar-refractivity contribution is 0.771. The lowest BCUT2D eigenvalue weighted by Gasteiger charge is -2.11. The maximum absolute atomic E-state index is 2.24. The van der Waals surface area contributed by atoms with Gasteiger partial charge in [0.15, 0.2) is 0 Å². The molecule has 0 unspecified atom stereocenters. The Kier molecular flexibility index (Phi) is 3.51. The smallest absolute Gasteiger partial charge is 0.0228 e. The predicted molar refractivity (Wildman–Crippen MR) is 64.3 cm³/mol. The molecule has 0 aliphatic heterocycles. The zero-order chi connectivity index (χ0) is 10.7. The molecular weight excluding hydrogens is 168 g/mol.